The molecule has 16 heavy (non-hydrogen) atoms. The maximum Gasteiger partial charge on any atom is 0.191 e. The lowest BCUT2D eigenvalue weighted by molar-refractivity contribution is 0.617. The van der Waals surface area contributed by atoms with Crippen molar-refractivity contribution >= 4 is 11.8 Å². The quantitative estimate of drug-likeness (QED) is 0.775. The summed E-state index contributed by atoms with van der Waals surface area (Å²) in [5.41, 5.74) is 5.67. The highest BCUT2D eigenvalue weighted by molar-refractivity contribution is 7.99. The third kappa shape index (κ3) is 2.77. The minimum absolute atomic E-state index is 0.494. The smallest absolute Gasteiger partial charge is 0.191 e. The molecule has 2 N–H and O–H groups in total. The lowest BCUT2D eigenvalue weighted by Crippen LogP contribution is -2.08. The van der Waals surface area contributed by atoms with Crippen molar-refractivity contribution in [3.8, 4) is 0 Å². The fraction of sp³-hybridized carbons (Fsp3) is 0.818. The Bertz CT molecular complexity index is 344. The van der Waals surface area contributed by atoms with Gasteiger partial charge in [-0.2, -0.15) is 0 Å². The van der Waals surface area contributed by atoms with Crippen LogP contribution in [0.25, 0.3) is 0 Å². The van der Waals surface area contributed by atoms with Gasteiger partial charge in [-0.1, -0.05) is 25.6 Å². The molecule has 0 atom stereocenters. The van der Waals surface area contributed by atoms with Gasteiger partial charge >= 0.3 is 0 Å². The topological polar surface area (TPSA) is 56.7 Å². The van der Waals surface area contributed by atoms with E-state index in [0.717, 1.165) is 22.7 Å². The van der Waals surface area contributed by atoms with Crippen LogP contribution in [-0.2, 0) is 6.54 Å². The molecule has 0 radical (unpaired) electrons. The molecule has 0 amide bonds. The molecule has 1 heterocycles. The van der Waals surface area contributed by atoms with Gasteiger partial charge in [0, 0.05) is 11.8 Å². The van der Waals surface area contributed by atoms with Gasteiger partial charge in [0.25, 0.3) is 0 Å². The number of nitrogens with zero attached hydrogens (tertiary/aromatic N) is 3. The minimum Gasteiger partial charge on any atom is -0.324 e. The van der Waals surface area contributed by atoms with Crippen LogP contribution < -0.4 is 5.73 Å². The van der Waals surface area contributed by atoms with E-state index in [-0.39, 0.29) is 0 Å². The monoisotopic (exact) mass is 240 g/mol. The van der Waals surface area contributed by atoms with Crippen molar-refractivity contribution < 1.29 is 0 Å². The molecule has 0 saturated heterocycles. The standard InChI is InChI=1S/C11H20N4S/c1-8(2)5-6-16-11-14-13-10(7-12)15(11)9-3-4-9/h8-9H,3-7,12H2,1-2H3. The largest absolute Gasteiger partial charge is 0.324 e. The zero-order valence-electron chi connectivity index (χ0n) is 10.0. The Morgan fingerprint density at radius 1 is 1.44 bits per heavy atom. The molecule has 4 nitrogen and oxygen atoms in total. The number of aromatic nitrogens is 3. The molecule has 1 fully saturated rings. The average Bonchev–Trinajstić information content (AvgIpc) is 3.00. The van der Waals surface area contributed by atoms with Crippen molar-refractivity contribution in [3.05, 3.63) is 5.82 Å². The summed E-state index contributed by atoms with van der Waals surface area (Å²) in [4.78, 5) is 0. The molecular formula is C11H20N4S. The van der Waals surface area contributed by atoms with Crippen molar-refractivity contribution in [1.82, 2.24) is 14.8 Å². The molecular weight excluding hydrogens is 220 g/mol. The Hall–Kier alpha value is -0.550. The van der Waals surface area contributed by atoms with Crippen LogP contribution in [0.2, 0.25) is 0 Å². The minimum atomic E-state index is 0.494. The second-order valence-corrected chi connectivity index (χ2v) is 5.80. The van der Waals surface area contributed by atoms with Gasteiger partial charge in [0.15, 0.2) is 5.16 Å². The summed E-state index contributed by atoms with van der Waals surface area (Å²) in [6.07, 6.45) is 3.73. The molecule has 1 saturated carbocycles. The molecule has 90 valence electrons. The molecule has 2 rings (SSSR count). The number of hydrogen-bond acceptors (Lipinski definition) is 4. The zero-order chi connectivity index (χ0) is 11.5. The number of hydrogen-bond donors (Lipinski definition) is 1. The van der Waals surface area contributed by atoms with E-state index in [1.807, 2.05) is 11.8 Å². The predicted octanol–water partition coefficient (Wildman–Crippen LogP) is 2.21. The van der Waals surface area contributed by atoms with Crippen molar-refractivity contribution in [1.29, 1.82) is 0 Å². The molecule has 1 aliphatic rings. The van der Waals surface area contributed by atoms with Crippen LogP contribution >= 0.6 is 11.8 Å². The molecule has 1 aliphatic carbocycles. The second kappa shape index (κ2) is 5.19. The van der Waals surface area contributed by atoms with Crippen LogP contribution in [0.15, 0.2) is 5.16 Å². The fourth-order valence-corrected chi connectivity index (χ4v) is 2.89. The Kier molecular flexibility index (Phi) is 3.86. The first-order valence-corrected chi connectivity index (χ1v) is 6.97. The number of nitrogens with two attached hydrogens (primary N) is 1. The fourth-order valence-electron chi connectivity index (χ4n) is 1.63. The first kappa shape index (κ1) is 11.9. The van der Waals surface area contributed by atoms with E-state index >= 15 is 0 Å². The summed E-state index contributed by atoms with van der Waals surface area (Å²) in [5.74, 6) is 2.81. The van der Waals surface area contributed by atoms with Crippen molar-refractivity contribution in [2.24, 2.45) is 11.7 Å². The van der Waals surface area contributed by atoms with E-state index < -0.39 is 0 Å². The highest BCUT2D eigenvalue weighted by Gasteiger charge is 2.28. The van der Waals surface area contributed by atoms with E-state index in [0.29, 0.717) is 12.6 Å². The van der Waals surface area contributed by atoms with Gasteiger partial charge in [0.05, 0.1) is 6.54 Å². The van der Waals surface area contributed by atoms with Crippen molar-refractivity contribution in [2.45, 2.75) is 50.9 Å². The van der Waals surface area contributed by atoms with Gasteiger partial charge in [-0.25, -0.2) is 0 Å². The van der Waals surface area contributed by atoms with Crippen LogP contribution in [0, 0.1) is 5.92 Å². The second-order valence-electron chi connectivity index (χ2n) is 4.74. The number of thioether (sulfide) groups is 1. The molecule has 0 aromatic carbocycles. The van der Waals surface area contributed by atoms with Crippen LogP contribution in [-0.4, -0.2) is 20.5 Å². The van der Waals surface area contributed by atoms with Gasteiger partial charge in [-0.05, 0) is 25.2 Å². The van der Waals surface area contributed by atoms with E-state index in [4.69, 9.17) is 5.73 Å². The van der Waals surface area contributed by atoms with E-state index in [9.17, 15) is 0 Å². The maximum atomic E-state index is 5.67. The van der Waals surface area contributed by atoms with Crippen LogP contribution in [0.1, 0.15) is 45.0 Å². The Labute approximate surface area is 101 Å². The summed E-state index contributed by atoms with van der Waals surface area (Å²) < 4.78 is 2.24. The number of rotatable bonds is 6. The molecule has 0 unspecified atom stereocenters. The molecule has 0 aliphatic heterocycles. The van der Waals surface area contributed by atoms with Crippen LogP contribution in [0.5, 0.6) is 0 Å². The summed E-state index contributed by atoms with van der Waals surface area (Å²) in [6, 6.07) is 0.620. The summed E-state index contributed by atoms with van der Waals surface area (Å²) in [5, 5.41) is 9.46. The third-order valence-electron chi connectivity index (χ3n) is 2.76. The van der Waals surface area contributed by atoms with E-state index in [1.165, 1.54) is 19.3 Å². The average molecular weight is 240 g/mol. The first-order chi connectivity index (χ1) is 7.72. The zero-order valence-corrected chi connectivity index (χ0v) is 10.8. The normalized spacial score (nSPS) is 16.0. The Morgan fingerprint density at radius 2 is 2.19 bits per heavy atom. The third-order valence-corrected chi connectivity index (χ3v) is 3.73. The van der Waals surface area contributed by atoms with Gasteiger partial charge in [-0.3, -0.25) is 0 Å². The van der Waals surface area contributed by atoms with Crippen molar-refractivity contribution in [3.63, 3.8) is 0 Å². The molecule has 1 aromatic rings. The van der Waals surface area contributed by atoms with Crippen LogP contribution in [0.4, 0.5) is 0 Å². The predicted molar refractivity (Wildman–Crippen MR) is 66.4 cm³/mol. The van der Waals surface area contributed by atoms with E-state index in [1.54, 1.807) is 0 Å². The Balaban J connectivity index is 1.99. The molecule has 0 spiro atoms. The van der Waals surface area contributed by atoms with Gasteiger partial charge in [-0.15, -0.1) is 10.2 Å². The lowest BCUT2D eigenvalue weighted by Gasteiger charge is -2.08. The highest BCUT2D eigenvalue weighted by atomic mass is 32.2. The van der Waals surface area contributed by atoms with Crippen molar-refractivity contribution in [2.75, 3.05) is 5.75 Å². The van der Waals surface area contributed by atoms with Gasteiger partial charge in [0.1, 0.15) is 5.82 Å². The molecule has 1 aromatic heterocycles. The van der Waals surface area contributed by atoms with Crippen LogP contribution in [0.3, 0.4) is 0 Å². The van der Waals surface area contributed by atoms with Gasteiger partial charge < -0.3 is 10.3 Å². The molecule has 0 bridgehead atoms. The highest BCUT2D eigenvalue weighted by Crippen LogP contribution is 2.38. The summed E-state index contributed by atoms with van der Waals surface area (Å²) >= 11 is 1.81. The first-order valence-electron chi connectivity index (χ1n) is 5.99. The SMILES string of the molecule is CC(C)CCSc1nnc(CN)n1C1CC1. The maximum absolute atomic E-state index is 5.67. The van der Waals surface area contributed by atoms with E-state index in [2.05, 4.69) is 28.6 Å². The summed E-state index contributed by atoms with van der Waals surface area (Å²) in [6.45, 7) is 4.99. The lowest BCUT2D eigenvalue weighted by atomic mass is 10.2. The summed E-state index contributed by atoms with van der Waals surface area (Å²) in [7, 11) is 0. The van der Waals surface area contributed by atoms with Gasteiger partial charge in [0.2, 0.25) is 0 Å². The Morgan fingerprint density at radius 3 is 2.75 bits per heavy atom. The molecule has 5 heteroatoms.